The van der Waals surface area contributed by atoms with Gasteiger partial charge in [0, 0.05) is 21.7 Å². The number of likely N-dealkylation sites (N-methyl/N-ethyl adjacent to an activating group) is 1. The maximum atomic E-state index is 13.8. The van der Waals surface area contributed by atoms with Gasteiger partial charge in [-0.15, -0.1) is 11.8 Å². The Balaban J connectivity index is 1.95. The van der Waals surface area contributed by atoms with Crippen molar-refractivity contribution in [1.29, 1.82) is 0 Å². The Morgan fingerprint density at radius 2 is 1.90 bits per heavy atom. The molecule has 2 aromatic rings. The molecule has 0 saturated carbocycles. The molecule has 0 radical (unpaired) electrons. The molecule has 0 amide bonds. The van der Waals surface area contributed by atoms with E-state index < -0.39 is 0 Å². The van der Waals surface area contributed by atoms with Gasteiger partial charge in [0.25, 0.3) is 0 Å². The highest BCUT2D eigenvalue weighted by Crippen LogP contribution is 2.21. The summed E-state index contributed by atoms with van der Waals surface area (Å²) >= 11 is 7.56. The van der Waals surface area contributed by atoms with Crippen LogP contribution < -0.4 is 5.32 Å². The largest absolute Gasteiger partial charge is 0.316 e. The first-order valence-corrected chi connectivity index (χ1v) is 8.25. The van der Waals surface area contributed by atoms with Crippen LogP contribution in [0.25, 0.3) is 0 Å². The first-order chi connectivity index (χ1) is 10.1. The molecule has 0 aliphatic rings. The van der Waals surface area contributed by atoms with E-state index in [2.05, 4.69) is 36.5 Å². The van der Waals surface area contributed by atoms with Crippen LogP contribution >= 0.6 is 23.4 Å². The van der Waals surface area contributed by atoms with E-state index in [4.69, 9.17) is 11.6 Å². The molecule has 21 heavy (non-hydrogen) atoms. The number of halogens is 2. The van der Waals surface area contributed by atoms with E-state index in [-0.39, 0.29) is 11.9 Å². The SMILES string of the molecule is CNC(CSc1ccc(C)cc1)Cc1ccc(Cl)cc1F. The van der Waals surface area contributed by atoms with Crippen LogP contribution in [0.3, 0.4) is 0 Å². The van der Waals surface area contributed by atoms with E-state index >= 15 is 0 Å². The van der Waals surface area contributed by atoms with Crippen molar-refractivity contribution < 1.29 is 4.39 Å². The average molecular weight is 324 g/mol. The molecule has 2 rings (SSSR count). The van der Waals surface area contributed by atoms with Gasteiger partial charge in [-0.2, -0.15) is 0 Å². The van der Waals surface area contributed by atoms with Crippen molar-refractivity contribution >= 4 is 23.4 Å². The smallest absolute Gasteiger partial charge is 0.127 e. The number of nitrogens with one attached hydrogen (secondary N) is 1. The summed E-state index contributed by atoms with van der Waals surface area (Å²) in [5, 5.41) is 3.69. The lowest BCUT2D eigenvalue weighted by Crippen LogP contribution is -2.30. The minimum atomic E-state index is -0.233. The lowest BCUT2D eigenvalue weighted by atomic mass is 10.1. The molecule has 1 nitrogen and oxygen atoms in total. The van der Waals surface area contributed by atoms with Crippen LogP contribution in [-0.4, -0.2) is 18.8 Å². The molecule has 1 unspecified atom stereocenters. The van der Waals surface area contributed by atoms with Crippen LogP contribution in [0.15, 0.2) is 47.4 Å². The highest BCUT2D eigenvalue weighted by atomic mass is 35.5. The van der Waals surface area contributed by atoms with Crippen molar-refractivity contribution in [3.8, 4) is 0 Å². The molecular weight excluding hydrogens is 305 g/mol. The van der Waals surface area contributed by atoms with Crippen molar-refractivity contribution in [2.75, 3.05) is 12.8 Å². The van der Waals surface area contributed by atoms with Crippen molar-refractivity contribution in [2.45, 2.75) is 24.3 Å². The molecule has 0 aliphatic heterocycles. The lowest BCUT2D eigenvalue weighted by molar-refractivity contribution is 0.568. The van der Waals surface area contributed by atoms with Crippen LogP contribution in [0.5, 0.6) is 0 Å². The minimum Gasteiger partial charge on any atom is -0.316 e. The van der Waals surface area contributed by atoms with Gasteiger partial charge in [0.2, 0.25) is 0 Å². The average Bonchev–Trinajstić information content (AvgIpc) is 2.47. The first-order valence-electron chi connectivity index (χ1n) is 6.89. The molecule has 0 heterocycles. The summed E-state index contributed by atoms with van der Waals surface area (Å²) in [4.78, 5) is 1.23. The summed E-state index contributed by atoms with van der Waals surface area (Å²) in [5.74, 6) is 0.657. The highest BCUT2D eigenvalue weighted by molar-refractivity contribution is 7.99. The summed E-state index contributed by atoms with van der Waals surface area (Å²) in [6.07, 6.45) is 0.651. The van der Waals surface area contributed by atoms with E-state index in [1.54, 1.807) is 23.9 Å². The third kappa shape index (κ3) is 5.03. The number of benzene rings is 2. The number of hydrogen-bond acceptors (Lipinski definition) is 2. The monoisotopic (exact) mass is 323 g/mol. The fourth-order valence-electron chi connectivity index (χ4n) is 2.03. The van der Waals surface area contributed by atoms with Gasteiger partial charge in [-0.25, -0.2) is 4.39 Å². The third-order valence-electron chi connectivity index (χ3n) is 3.36. The Morgan fingerprint density at radius 1 is 1.19 bits per heavy atom. The molecular formula is C17H19ClFNS. The van der Waals surface area contributed by atoms with Gasteiger partial charge in [-0.1, -0.05) is 35.4 Å². The van der Waals surface area contributed by atoms with Crippen molar-refractivity contribution in [3.05, 3.63) is 64.4 Å². The van der Waals surface area contributed by atoms with Crippen LogP contribution in [0, 0.1) is 12.7 Å². The molecule has 0 spiro atoms. The van der Waals surface area contributed by atoms with Gasteiger partial charge < -0.3 is 5.32 Å². The van der Waals surface area contributed by atoms with Gasteiger partial charge in [0.1, 0.15) is 5.82 Å². The molecule has 0 aliphatic carbocycles. The number of rotatable bonds is 6. The number of thioether (sulfide) groups is 1. The van der Waals surface area contributed by atoms with E-state index in [1.165, 1.54) is 16.5 Å². The van der Waals surface area contributed by atoms with Gasteiger partial charge in [-0.05, 0) is 50.2 Å². The molecule has 2 aromatic carbocycles. The van der Waals surface area contributed by atoms with E-state index in [0.717, 1.165) is 5.75 Å². The molecule has 4 heteroatoms. The maximum absolute atomic E-state index is 13.8. The van der Waals surface area contributed by atoms with E-state index in [1.807, 2.05) is 7.05 Å². The second-order valence-electron chi connectivity index (χ2n) is 5.05. The van der Waals surface area contributed by atoms with Crippen molar-refractivity contribution in [1.82, 2.24) is 5.32 Å². The fraction of sp³-hybridized carbons (Fsp3) is 0.294. The molecule has 0 aromatic heterocycles. The predicted octanol–water partition coefficient (Wildman–Crippen LogP) is 4.71. The molecule has 1 atom stereocenters. The van der Waals surface area contributed by atoms with E-state index in [9.17, 15) is 4.39 Å². The Bertz CT molecular complexity index is 586. The zero-order chi connectivity index (χ0) is 15.2. The standard InChI is InChI=1S/C17H19ClFNS/c1-12-3-7-16(8-4-12)21-11-15(20-2)9-13-5-6-14(18)10-17(13)19/h3-8,10,15,20H,9,11H2,1-2H3. The summed E-state index contributed by atoms with van der Waals surface area (Å²) < 4.78 is 13.8. The normalized spacial score (nSPS) is 12.4. The molecule has 0 fully saturated rings. The zero-order valence-electron chi connectivity index (χ0n) is 12.2. The Kier molecular flexibility index (Phi) is 6.09. The Hall–Kier alpha value is -1.03. The van der Waals surface area contributed by atoms with Crippen LogP contribution in [0.2, 0.25) is 5.02 Å². The topological polar surface area (TPSA) is 12.0 Å². The van der Waals surface area contributed by atoms with Crippen molar-refractivity contribution in [3.63, 3.8) is 0 Å². The first kappa shape index (κ1) is 16.3. The van der Waals surface area contributed by atoms with Gasteiger partial charge in [0.05, 0.1) is 0 Å². The predicted molar refractivity (Wildman–Crippen MR) is 89.9 cm³/mol. The highest BCUT2D eigenvalue weighted by Gasteiger charge is 2.11. The maximum Gasteiger partial charge on any atom is 0.127 e. The summed E-state index contributed by atoms with van der Waals surface area (Å²) in [7, 11) is 1.91. The second kappa shape index (κ2) is 7.83. The van der Waals surface area contributed by atoms with Crippen LogP contribution in [-0.2, 0) is 6.42 Å². The van der Waals surface area contributed by atoms with Gasteiger partial charge in [0.15, 0.2) is 0 Å². The van der Waals surface area contributed by atoms with Crippen molar-refractivity contribution in [2.24, 2.45) is 0 Å². The quantitative estimate of drug-likeness (QED) is 0.773. The fourth-order valence-corrected chi connectivity index (χ4v) is 3.19. The Morgan fingerprint density at radius 3 is 2.52 bits per heavy atom. The number of hydrogen-bond donors (Lipinski definition) is 1. The Labute approximate surface area is 134 Å². The zero-order valence-corrected chi connectivity index (χ0v) is 13.8. The molecule has 0 bridgehead atoms. The molecule has 1 N–H and O–H groups in total. The molecule has 112 valence electrons. The second-order valence-corrected chi connectivity index (χ2v) is 6.58. The summed E-state index contributed by atoms with van der Waals surface area (Å²) in [6.45, 7) is 2.08. The third-order valence-corrected chi connectivity index (χ3v) is 4.77. The van der Waals surface area contributed by atoms with Gasteiger partial charge >= 0.3 is 0 Å². The van der Waals surface area contributed by atoms with E-state index in [0.29, 0.717) is 17.0 Å². The summed E-state index contributed by atoms with van der Waals surface area (Å²) in [5.41, 5.74) is 1.95. The lowest BCUT2D eigenvalue weighted by Gasteiger charge is -2.16. The van der Waals surface area contributed by atoms with Gasteiger partial charge in [-0.3, -0.25) is 0 Å². The molecule has 0 saturated heterocycles. The number of aryl methyl sites for hydroxylation is 1. The minimum absolute atomic E-state index is 0.215. The van der Waals surface area contributed by atoms with Crippen LogP contribution in [0.4, 0.5) is 4.39 Å². The van der Waals surface area contributed by atoms with Crippen LogP contribution in [0.1, 0.15) is 11.1 Å². The summed E-state index contributed by atoms with van der Waals surface area (Å²) in [6, 6.07) is 13.5.